The fraction of sp³-hybridized carbons (Fsp3) is 0.471. The molecule has 0 aliphatic heterocycles. The second-order valence-corrected chi connectivity index (χ2v) is 7.50. The van der Waals surface area contributed by atoms with E-state index in [0.29, 0.717) is 25.0 Å². The van der Waals surface area contributed by atoms with E-state index in [4.69, 9.17) is 4.74 Å². The van der Waals surface area contributed by atoms with Gasteiger partial charge in [-0.3, -0.25) is 9.59 Å². The maximum atomic E-state index is 11.8. The molecule has 1 amide bonds. The van der Waals surface area contributed by atoms with Gasteiger partial charge in [0.25, 0.3) is 5.91 Å². The molecule has 1 N–H and O–H groups in total. The van der Waals surface area contributed by atoms with Crippen LogP contribution in [0.15, 0.2) is 27.8 Å². The summed E-state index contributed by atoms with van der Waals surface area (Å²) in [5.41, 5.74) is 4.13. The second-order valence-electron chi connectivity index (χ2n) is 6.65. The van der Waals surface area contributed by atoms with Crippen molar-refractivity contribution in [2.75, 3.05) is 6.61 Å². The molecule has 0 unspecified atom stereocenters. The van der Waals surface area contributed by atoms with Crippen LogP contribution in [0.4, 0.5) is 0 Å². The quantitative estimate of drug-likeness (QED) is 0.813. The molecule has 1 aromatic rings. The summed E-state index contributed by atoms with van der Waals surface area (Å²) in [5.74, 6) is 0.451. The Kier molecular flexibility index (Phi) is 5.57. The molecule has 1 fully saturated rings. The molecule has 0 bridgehead atoms. The topological polar surface area (TPSA) is 67.8 Å². The molecule has 0 radical (unpaired) electrons. The average Bonchev–Trinajstić information content (AvgIpc) is 2.44. The lowest BCUT2D eigenvalue weighted by atomic mass is 9.76. The van der Waals surface area contributed by atoms with Crippen molar-refractivity contribution in [3.63, 3.8) is 0 Å². The molecule has 0 saturated heterocycles. The maximum Gasteiger partial charge on any atom is 0.277 e. The van der Waals surface area contributed by atoms with Crippen molar-refractivity contribution in [2.45, 2.75) is 40.0 Å². The molecule has 23 heavy (non-hydrogen) atoms. The van der Waals surface area contributed by atoms with Gasteiger partial charge >= 0.3 is 0 Å². The Morgan fingerprint density at radius 1 is 1.39 bits per heavy atom. The van der Waals surface area contributed by atoms with Crippen LogP contribution in [0.2, 0.25) is 0 Å². The number of ether oxygens (including phenoxy) is 1. The zero-order chi connectivity index (χ0) is 17.0. The van der Waals surface area contributed by atoms with Gasteiger partial charge in [0.05, 0.1) is 0 Å². The lowest BCUT2D eigenvalue weighted by Gasteiger charge is -2.28. The Bertz CT molecular complexity index is 653. The highest BCUT2D eigenvalue weighted by Crippen LogP contribution is 2.31. The molecule has 0 heterocycles. The maximum absolute atomic E-state index is 11.8. The summed E-state index contributed by atoms with van der Waals surface area (Å²) < 4.78 is 6.43. The van der Waals surface area contributed by atoms with Crippen LogP contribution < -0.4 is 10.2 Å². The van der Waals surface area contributed by atoms with Crippen LogP contribution in [0.3, 0.4) is 0 Å². The Labute approximate surface area is 144 Å². The Balaban J connectivity index is 1.86. The number of carbonyl (C=O) groups excluding carboxylic acids is 2. The average molecular weight is 381 g/mol. The van der Waals surface area contributed by atoms with Gasteiger partial charge in [0, 0.05) is 23.0 Å². The standard InChI is InChI=1S/C17H21BrN2O3/c1-11-6-14(4-5-15(11)18)23-10-16(22)20-19-12-7-13(21)9-17(2,3)8-12/h4-6H,7-10H2,1-3H3,(H,20,22). The molecule has 124 valence electrons. The fourth-order valence-electron chi connectivity index (χ4n) is 2.61. The molecule has 1 aliphatic rings. The number of rotatable bonds is 4. The number of amides is 1. The zero-order valence-corrected chi connectivity index (χ0v) is 15.2. The number of Topliss-reactive ketones (excluding diaryl/α,β-unsaturated/α-hetero) is 1. The number of carbonyl (C=O) groups is 2. The third kappa shape index (κ3) is 5.46. The summed E-state index contributed by atoms with van der Waals surface area (Å²) in [5, 5.41) is 4.08. The number of aryl methyl sites for hydroxylation is 1. The van der Waals surface area contributed by atoms with E-state index < -0.39 is 0 Å². The van der Waals surface area contributed by atoms with Crippen molar-refractivity contribution in [1.29, 1.82) is 0 Å². The van der Waals surface area contributed by atoms with E-state index in [1.165, 1.54) is 0 Å². The van der Waals surface area contributed by atoms with Crippen LogP contribution >= 0.6 is 15.9 Å². The molecule has 1 aliphatic carbocycles. The van der Waals surface area contributed by atoms with E-state index in [0.717, 1.165) is 15.7 Å². The molecule has 5 nitrogen and oxygen atoms in total. The molecule has 2 rings (SSSR count). The van der Waals surface area contributed by atoms with Crippen molar-refractivity contribution < 1.29 is 14.3 Å². The summed E-state index contributed by atoms with van der Waals surface area (Å²) in [6, 6.07) is 5.52. The van der Waals surface area contributed by atoms with Crippen LogP contribution in [0.5, 0.6) is 5.75 Å². The number of hydrogen-bond donors (Lipinski definition) is 1. The normalized spacial score (nSPS) is 18.8. The smallest absolute Gasteiger partial charge is 0.277 e. The van der Waals surface area contributed by atoms with Gasteiger partial charge in [-0.1, -0.05) is 29.8 Å². The number of hydrogen-bond acceptors (Lipinski definition) is 4. The van der Waals surface area contributed by atoms with Crippen molar-refractivity contribution in [3.05, 3.63) is 28.2 Å². The first-order chi connectivity index (χ1) is 10.7. The van der Waals surface area contributed by atoms with Gasteiger partial charge in [-0.2, -0.15) is 5.10 Å². The minimum absolute atomic E-state index is 0.0929. The first-order valence-electron chi connectivity index (χ1n) is 7.50. The van der Waals surface area contributed by atoms with Crippen molar-refractivity contribution in [2.24, 2.45) is 10.5 Å². The summed E-state index contributed by atoms with van der Waals surface area (Å²) >= 11 is 3.41. The van der Waals surface area contributed by atoms with Crippen LogP contribution in [0.25, 0.3) is 0 Å². The summed E-state index contributed by atoms with van der Waals surface area (Å²) in [7, 11) is 0. The molecule has 0 atom stereocenters. The van der Waals surface area contributed by atoms with Gasteiger partial charge in [-0.05, 0) is 42.5 Å². The van der Waals surface area contributed by atoms with E-state index in [2.05, 4.69) is 26.5 Å². The summed E-state index contributed by atoms with van der Waals surface area (Å²) in [6.45, 7) is 5.89. The predicted octanol–water partition coefficient (Wildman–Crippen LogP) is 3.39. The highest BCUT2D eigenvalue weighted by atomic mass is 79.9. The first-order valence-corrected chi connectivity index (χ1v) is 8.29. The van der Waals surface area contributed by atoms with Crippen molar-refractivity contribution >= 4 is 33.3 Å². The van der Waals surface area contributed by atoms with Gasteiger partial charge in [0.15, 0.2) is 6.61 Å². The van der Waals surface area contributed by atoms with Gasteiger partial charge in [-0.15, -0.1) is 0 Å². The SMILES string of the molecule is Cc1cc(OCC(=O)NN=C2CC(=O)CC(C)(C)C2)ccc1Br. The van der Waals surface area contributed by atoms with E-state index in [9.17, 15) is 9.59 Å². The molecule has 0 aromatic heterocycles. The Morgan fingerprint density at radius 3 is 2.78 bits per heavy atom. The van der Waals surface area contributed by atoms with Crippen LogP contribution in [-0.4, -0.2) is 24.0 Å². The van der Waals surface area contributed by atoms with Crippen molar-refractivity contribution in [3.8, 4) is 5.75 Å². The van der Waals surface area contributed by atoms with E-state index in [-0.39, 0.29) is 23.7 Å². The minimum Gasteiger partial charge on any atom is -0.484 e. The summed E-state index contributed by atoms with van der Waals surface area (Å²) in [4.78, 5) is 23.5. The molecule has 6 heteroatoms. The van der Waals surface area contributed by atoms with Crippen LogP contribution in [0.1, 0.15) is 38.7 Å². The molecule has 1 aromatic carbocycles. The number of hydrazone groups is 1. The molecular formula is C17H21BrN2O3. The Hall–Kier alpha value is -1.69. The Morgan fingerprint density at radius 2 is 2.13 bits per heavy atom. The number of nitrogens with one attached hydrogen (secondary N) is 1. The highest BCUT2D eigenvalue weighted by Gasteiger charge is 2.30. The highest BCUT2D eigenvalue weighted by molar-refractivity contribution is 9.10. The fourth-order valence-corrected chi connectivity index (χ4v) is 2.86. The lowest BCUT2D eigenvalue weighted by Crippen LogP contribution is -2.32. The van der Waals surface area contributed by atoms with Gasteiger partial charge in [-0.25, -0.2) is 5.43 Å². The van der Waals surface area contributed by atoms with Gasteiger partial charge in [0.1, 0.15) is 11.5 Å². The number of benzene rings is 1. The molecule has 1 saturated carbocycles. The van der Waals surface area contributed by atoms with E-state index in [1.54, 1.807) is 6.07 Å². The van der Waals surface area contributed by atoms with Crippen LogP contribution in [0, 0.1) is 12.3 Å². The first kappa shape index (κ1) is 17.7. The van der Waals surface area contributed by atoms with Crippen molar-refractivity contribution in [1.82, 2.24) is 5.43 Å². The van der Waals surface area contributed by atoms with E-state index >= 15 is 0 Å². The third-order valence-electron chi connectivity index (χ3n) is 3.60. The number of nitrogens with zero attached hydrogens (tertiary/aromatic N) is 1. The van der Waals surface area contributed by atoms with E-state index in [1.807, 2.05) is 32.9 Å². The predicted molar refractivity (Wildman–Crippen MR) is 92.6 cm³/mol. The van der Waals surface area contributed by atoms with Gasteiger partial charge < -0.3 is 4.74 Å². The molecule has 0 spiro atoms. The summed E-state index contributed by atoms with van der Waals surface area (Å²) in [6.07, 6.45) is 1.59. The number of halogens is 1. The minimum atomic E-state index is -0.339. The monoisotopic (exact) mass is 380 g/mol. The largest absolute Gasteiger partial charge is 0.484 e. The zero-order valence-electron chi connectivity index (χ0n) is 13.6. The van der Waals surface area contributed by atoms with Gasteiger partial charge in [0.2, 0.25) is 0 Å². The molecular weight excluding hydrogens is 360 g/mol. The number of ketones is 1. The third-order valence-corrected chi connectivity index (χ3v) is 4.49. The second kappa shape index (κ2) is 7.25. The lowest BCUT2D eigenvalue weighted by molar-refractivity contribution is -0.123. The van der Waals surface area contributed by atoms with Crippen LogP contribution in [-0.2, 0) is 9.59 Å².